The van der Waals surface area contributed by atoms with Crippen LogP contribution >= 0.6 is 23.2 Å². The average molecular weight is 550 g/mol. The van der Waals surface area contributed by atoms with E-state index in [4.69, 9.17) is 37.7 Å². The Labute approximate surface area is 230 Å². The summed E-state index contributed by atoms with van der Waals surface area (Å²) in [5.74, 6) is 0.646. The Morgan fingerprint density at radius 2 is 1.79 bits per heavy atom. The van der Waals surface area contributed by atoms with Gasteiger partial charge < -0.3 is 14.0 Å². The van der Waals surface area contributed by atoms with Gasteiger partial charge in [-0.1, -0.05) is 35.3 Å². The fourth-order valence-electron chi connectivity index (χ4n) is 5.85. The second-order valence-corrected chi connectivity index (χ2v) is 10.7. The molecule has 2 aliphatic rings. The van der Waals surface area contributed by atoms with Gasteiger partial charge in [-0.15, -0.1) is 0 Å². The van der Waals surface area contributed by atoms with E-state index in [1.54, 1.807) is 6.20 Å². The van der Waals surface area contributed by atoms with Gasteiger partial charge in [-0.3, -0.25) is 9.69 Å². The quantitative estimate of drug-likeness (QED) is 0.290. The molecule has 1 amide bonds. The lowest BCUT2D eigenvalue weighted by Gasteiger charge is -2.44. The van der Waals surface area contributed by atoms with Crippen molar-refractivity contribution >= 4 is 34.8 Å². The maximum absolute atomic E-state index is 14.3. The van der Waals surface area contributed by atoms with E-state index in [0.717, 1.165) is 33.6 Å². The number of carbonyl (C=O) groups excluding carboxylic acids is 1. The number of amides is 1. The van der Waals surface area contributed by atoms with Crippen LogP contribution in [0.2, 0.25) is 10.0 Å². The molecular weight excluding hydrogens is 525 g/mol. The van der Waals surface area contributed by atoms with Crippen molar-refractivity contribution in [3.63, 3.8) is 0 Å². The summed E-state index contributed by atoms with van der Waals surface area (Å²) < 4.78 is 12.8. The SMILES string of the molecule is COc1ncc(-c2nc3c(n2C(C)C)C2(C)c4ccc(Cl)cc4-c4c(Cl)ccc(C)c4N2C3=O)c(OC)n1. The Kier molecular flexibility index (Phi) is 5.49. The molecule has 0 N–H and O–H groups in total. The monoisotopic (exact) mass is 549 g/mol. The Morgan fingerprint density at radius 3 is 2.47 bits per heavy atom. The van der Waals surface area contributed by atoms with Crippen LogP contribution in [0.15, 0.2) is 36.5 Å². The highest BCUT2D eigenvalue weighted by atomic mass is 35.5. The van der Waals surface area contributed by atoms with Crippen molar-refractivity contribution in [3.05, 3.63) is 69.1 Å². The summed E-state index contributed by atoms with van der Waals surface area (Å²) in [6.07, 6.45) is 1.61. The van der Waals surface area contributed by atoms with Crippen LogP contribution in [0.4, 0.5) is 5.69 Å². The molecule has 0 radical (unpaired) electrons. The number of halogens is 2. The fraction of sp³-hybridized carbons (Fsp3) is 0.286. The second-order valence-electron chi connectivity index (χ2n) is 9.87. The van der Waals surface area contributed by atoms with Gasteiger partial charge in [0, 0.05) is 22.8 Å². The lowest BCUT2D eigenvalue weighted by molar-refractivity contribution is 0.0979. The smallest absolute Gasteiger partial charge is 0.319 e. The lowest BCUT2D eigenvalue weighted by atomic mass is 9.78. The van der Waals surface area contributed by atoms with Gasteiger partial charge in [-0.05, 0) is 62.6 Å². The number of nitrogens with zero attached hydrogens (tertiary/aromatic N) is 5. The molecule has 2 aromatic heterocycles. The van der Waals surface area contributed by atoms with E-state index in [-0.39, 0.29) is 18.0 Å². The summed E-state index contributed by atoms with van der Waals surface area (Å²) in [6.45, 7) is 8.15. The Hall–Kier alpha value is -3.62. The van der Waals surface area contributed by atoms with E-state index >= 15 is 0 Å². The van der Waals surface area contributed by atoms with Crippen molar-refractivity contribution < 1.29 is 14.3 Å². The molecule has 1 atom stereocenters. The number of ether oxygens (including phenoxy) is 2. The molecule has 6 rings (SSSR count). The largest absolute Gasteiger partial charge is 0.480 e. The molecule has 4 aromatic rings. The summed E-state index contributed by atoms with van der Waals surface area (Å²) in [4.78, 5) is 29.7. The third-order valence-electron chi connectivity index (χ3n) is 7.42. The molecule has 0 bridgehead atoms. The van der Waals surface area contributed by atoms with Crippen LogP contribution in [0.1, 0.15) is 54.1 Å². The zero-order chi connectivity index (χ0) is 27.1. The first kappa shape index (κ1) is 24.7. The van der Waals surface area contributed by atoms with E-state index < -0.39 is 5.54 Å². The number of benzene rings is 2. The number of imidazole rings is 1. The minimum Gasteiger partial charge on any atom is -0.480 e. The van der Waals surface area contributed by atoms with Gasteiger partial charge >= 0.3 is 6.01 Å². The number of hydrogen-bond acceptors (Lipinski definition) is 6. The van der Waals surface area contributed by atoms with Crippen LogP contribution < -0.4 is 14.4 Å². The molecule has 38 heavy (non-hydrogen) atoms. The van der Waals surface area contributed by atoms with Crippen molar-refractivity contribution in [1.82, 2.24) is 19.5 Å². The fourth-order valence-corrected chi connectivity index (χ4v) is 6.28. The molecule has 194 valence electrons. The van der Waals surface area contributed by atoms with Crippen molar-refractivity contribution in [1.29, 1.82) is 0 Å². The number of rotatable bonds is 4. The first-order valence-electron chi connectivity index (χ1n) is 12.2. The number of aromatic nitrogens is 4. The summed E-state index contributed by atoms with van der Waals surface area (Å²) in [5, 5.41) is 1.15. The van der Waals surface area contributed by atoms with E-state index in [1.165, 1.54) is 14.2 Å². The van der Waals surface area contributed by atoms with Crippen LogP contribution in [-0.4, -0.2) is 39.6 Å². The predicted molar refractivity (Wildman–Crippen MR) is 147 cm³/mol. The Balaban J connectivity index is 1.71. The van der Waals surface area contributed by atoms with Crippen molar-refractivity contribution in [2.24, 2.45) is 0 Å². The number of carbonyl (C=O) groups is 1. The first-order chi connectivity index (χ1) is 18.1. The molecule has 4 heterocycles. The van der Waals surface area contributed by atoms with Crippen LogP contribution in [0, 0.1) is 6.92 Å². The normalized spacial score (nSPS) is 17.3. The molecule has 8 nitrogen and oxygen atoms in total. The van der Waals surface area contributed by atoms with Gasteiger partial charge in [0.2, 0.25) is 5.88 Å². The number of aryl methyl sites for hydroxylation is 1. The zero-order valence-corrected chi connectivity index (χ0v) is 23.3. The first-order valence-corrected chi connectivity index (χ1v) is 12.9. The molecule has 0 fully saturated rings. The molecule has 0 saturated heterocycles. The van der Waals surface area contributed by atoms with Crippen LogP contribution in [0.3, 0.4) is 0 Å². The molecule has 0 spiro atoms. The topological polar surface area (TPSA) is 82.4 Å². The Bertz CT molecular complexity index is 1660. The summed E-state index contributed by atoms with van der Waals surface area (Å²) in [7, 11) is 3.02. The van der Waals surface area contributed by atoms with Crippen LogP contribution in [-0.2, 0) is 5.54 Å². The van der Waals surface area contributed by atoms with Gasteiger partial charge in [0.05, 0.1) is 36.2 Å². The number of fused-ring (bicyclic) bond motifs is 8. The highest BCUT2D eigenvalue weighted by Gasteiger charge is 2.57. The second kappa shape index (κ2) is 8.44. The van der Waals surface area contributed by atoms with Gasteiger partial charge in [0.25, 0.3) is 5.91 Å². The van der Waals surface area contributed by atoms with Gasteiger partial charge in [-0.2, -0.15) is 4.98 Å². The molecule has 10 heteroatoms. The van der Waals surface area contributed by atoms with E-state index in [2.05, 4.69) is 35.3 Å². The minimum atomic E-state index is -0.884. The molecule has 2 aromatic carbocycles. The average Bonchev–Trinajstić information content (AvgIpc) is 3.40. The third-order valence-corrected chi connectivity index (χ3v) is 7.97. The lowest BCUT2D eigenvalue weighted by Crippen LogP contribution is -2.47. The molecule has 1 unspecified atom stereocenters. The van der Waals surface area contributed by atoms with Gasteiger partial charge in [0.15, 0.2) is 5.69 Å². The van der Waals surface area contributed by atoms with Crippen LogP contribution in [0.25, 0.3) is 22.5 Å². The van der Waals surface area contributed by atoms with Crippen LogP contribution in [0.5, 0.6) is 11.9 Å². The minimum absolute atomic E-state index is 0.0600. The molecule has 0 aliphatic carbocycles. The highest BCUT2D eigenvalue weighted by Crippen LogP contribution is 2.58. The van der Waals surface area contributed by atoms with E-state index in [1.807, 2.05) is 42.2 Å². The molecule has 0 saturated carbocycles. The molecule has 2 aliphatic heterocycles. The third kappa shape index (κ3) is 3.10. The number of anilines is 1. The standard InChI is InChI=1S/C28H25Cl2N5O3/c1-13(2)34-23-21(32-24(34)17-12-31-27(38-6)33-25(17)37-5)26(36)35-22-14(3)7-10-19(30)20(22)16-11-15(29)8-9-18(16)28(23,35)4/h7-13H,1-6H3. The highest BCUT2D eigenvalue weighted by molar-refractivity contribution is 6.35. The summed E-state index contributed by atoms with van der Waals surface area (Å²) in [6, 6.07) is 9.65. The van der Waals surface area contributed by atoms with Crippen molar-refractivity contribution in [3.8, 4) is 34.4 Å². The summed E-state index contributed by atoms with van der Waals surface area (Å²) in [5.41, 5.74) is 5.12. The van der Waals surface area contributed by atoms with Gasteiger partial charge in [0.1, 0.15) is 11.4 Å². The summed E-state index contributed by atoms with van der Waals surface area (Å²) >= 11 is 13.3. The van der Waals surface area contributed by atoms with Crippen molar-refractivity contribution in [2.45, 2.75) is 39.3 Å². The van der Waals surface area contributed by atoms with E-state index in [0.29, 0.717) is 33.0 Å². The van der Waals surface area contributed by atoms with E-state index in [9.17, 15) is 4.79 Å². The van der Waals surface area contributed by atoms with Crippen molar-refractivity contribution in [2.75, 3.05) is 19.1 Å². The Morgan fingerprint density at radius 1 is 1.03 bits per heavy atom. The maximum atomic E-state index is 14.3. The molecular formula is C28H25Cl2N5O3. The predicted octanol–water partition coefficient (Wildman–Crippen LogP) is 6.46. The zero-order valence-electron chi connectivity index (χ0n) is 21.8. The number of methoxy groups -OCH3 is 2. The van der Waals surface area contributed by atoms with Gasteiger partial charge in [-0.25, -0.2) is 9.97 Å². The maximum Gasteiger partial charge on any atom is 0.319 e. The number of hydrogen-bond donors (Lipinski definition) is 0.